The van der Waals surface area contributed by atoms with Crippen molar-refractivity contribution in [3.8, 4) is 0 Å². The summed E-state index contributed by atoms with van der Waals surface area (Å²) in [5.74, 6) is -0.710. The first-order valence-corrected chi connectivity index (χ1v) is 8.44. The minimum absolute atomic E-state index is 0.192. The normalized spacial score (nSPS) is 22.2. The highest BCUT2D eigenvalue weighted by molar-refractivity contribution is 5.78. The van der Waals surface area contributed by atoms with Crippen LogP contribution in [0, 0.1) is 5.41 Å². The van der Waals surface area contributed by atoms with Crippen LogP contribution in [0.4, 0.5) is 0 Å². The highest BCUT2D eigenvalue weighted by atomic mass is 16.4. The number of hydrogen-bond acceptors (Lipinski definition) is 3. The van der Waals surface area contributed by atoms with Gasteiger partial charge in [-0.3, -0.25) is 10.1 Å². The van der Waals surface area contributed by atoms with Crippen molar-refractivity contribution in [1.82, 2.24) is 10.2 Å². The maximum absolute atomic E-state index is 11.7. The van der Waals surface area contributed by atoms with Crippen molar-refractivity contribution in [2.45, 2.75) is 78.3 Å². The lowest BCUT2D eigenvalue weighted by molar-refractivity contribution is -0.145. The van der Waals surface area contributed by atoms with Crippen LogP contribution >= 0.6 is 0 Å². The van der Waals surface area contributed by atoms with Gasteiger partial charge >= 0.3 is 5.97 Å². The molecular formula is C17H34N2O2. The zero-order valence-electron chi connectivity index (χ0n) is 14.5. The molecule has 1 heterocycles. The average Bonchev–Trinajstić information content (AvgIpc) is 2.38. The van der Waals surface area contributed by atoms with Gasteiger partial charge in [0.15, 0.2) is 0 Å². The van der Waals surface area contributed by atoms with Gasteiger partial charge in [-0.05, 0) is 71.0 Å². The Labute approximate surface area is 130 Å². The summed E-state index contributed by atoms with van der Waals surface area (Å²) in [6, 6.07) is 0.192. The second-order valence-corrected chi connectivity index (χ2v) is 7.65. The summed E-state index contributed by atoms with van der Waals surface area (Å²) in [7, 11) is 0. The highest BCUT2D eigenvalue weighted by Gasteiger charge is 2.36. The number of likely N-dealkylation sites (tertiary alicyclic amines) is 1. The highest BCUT2D eigenvalue weighted by Crippen LogP contribution is 2.30. The Kier molecular flexibility index (Phi) is 6.67. The van der Waals surface area contributed by atoms with E-state index < -0.39 is 11.5 Å². The fraction of sp³-hybridized carbons (Fsp3) is 0.941. The van der Waals surface area contributed by atoms with Crippen LogP contribution < -0.4 is 5.32 Å². The van der Waals surface area contributed by atoms with Gasteiger partial charge in [0.25, 0.3) is 0 Å². The molecule has 0 aromatic heterocycles. The molecule has 0 aliphatic carbocycles. The van der Waals surface area contributed by atoms with E-state index in [1.807, 2.05) is 20.8 Å². The average molecular weight is 298 g/mol. The van der Waals surface area contributed by atoms with Gasteiger partial charge in [0.1, 0.15) is 5.54 Å². The molecule has 0 radical (unpaired) electrons. The van der Waals surface area contributed by atoms with Crippen molar-refractivity contribution < 1.29 is 9.90 Å². The summed E-state index contributed by atoms with van der Waals surface area (Å²) < 4.78 is 0. The molecule has 4 nitrogen and oxygen atoms in total. The maximum Gasteiger partial charge on any atom is 0.323 e. The second kappa shape index (κ2) is 7.59. The first-order valence-electron chi connectivity index (χ1n) is 8.44. The number of nitrogens with zero attached hydrogens (tertiary/aromatic N) is 1. The molecule has 0 aromatic rings. The lowest BCUT2D eigenvalue weighted by Gasteiger charge is -2.38. The molecule has 1 saturated heterocycles. The lowest BCUT2D eigenvalue weighted by atomic mass is 9.82. The summed E-state index contributed by atoms with van der Waals surface area (Å²) in [5.41, 5.74) is -0.285. The first-order chi connectivity index (χ1) is 9.71. The molecule has 1 aliphatic heterocycles. The molecule has 2 N–H and O–H groups in total. The molecule has 0 aromatic carbocycles. The monoisotopic (exact) mass is 298 g/mol. The Bertz CT molecular complexity index is 332. The van der Waals surface area contributed by atoms with E-state index in [0.29, 0.717) is 18.3 Å². The fourth-order valence-electron chi connectivity index (χ4n) is 3.21. The zero-order chi connectivity index (χ0) is 16.1. The van der Waals surface area contributed by atoms with E-state index in [1.54, 1.807) is 0 Å². The molecule has 21 heavy (non-hydrogen) atoms. The van der Waals surface area contributed by atoms with Gasteiger partial charge in [-0.1, -0.05) is 20.8 Å². The summed E-state index contributed by atoms with van der Waals surface area (Å²) in [4.78, 5) is 14.2. The van der Waals surface area contributed by atoms with Gasteiger partial charge in [-0.2, -0.15) is 0 Å². The minimum Gasteiger partial charge on any atom is -0.480 e. The number of piperidine rings is 1. The van der Waals surface area contributed by atoms with Crippen LogP contribution in [0.15, 0.2) is 0 Å². The molecule has 1 atom stereocenters. The van der Waals surface area contributed by atoms with E-state index >= 15 is 0 Å². The molecule has 1 rings (SSSR count). The van der Waals surface area contributed by atoms with E-state index in [2.05, 4.69) is 24.1 Å². The quantitative estimate of drug-likeness (QED) is 0.723. The van der Waals surface area contributed by atoms with E-state index in [9.17, 15) is 9.90 Å². The predicted octanol–water partition coefficient (Wildman–Crippen LogP) is 3.12. The molecule has 1 aliphatic rings. The minimum atomic E-state index is -0.761. The van der Waals surface area contributed by atoms with E-state index in [-0.39, 0.29) is 6.04 Å². The summed E-state index contributed by atoms with van der Waals surface area (Å²) in [5, 5.41) is 12.9. The number of carboxylic acid groups (broad SMARTS) is 1. The van der Waals surface area contributed by atoms with E-state index in [4.69, 9.17) is 0 Å². The van der Waals surface area contributed by atoms with Crippen molar-refractivity contribution in [3.63, 3.8) is 0 Å². The number of hydrogen-bond donors (Lipinski definition) is 2. The van der Waals surface area contributed by atoms with Crippen molar-refractivity contribution in [1.29, 1.82) is 0 Å². The van der Waals surface area contributed by atoms with Crippen LogP contribution in [0.5, 0.6) is 0 Å². The van der Waals surface area contributed by atoms with Crippen LogP contribution in [-0.4, -0.2) is 47.2 Å². The Hall–Kier alpha value is -0.610. The number of nitrogens with one attached hydrogen (secondary N) is 1. The van der Waals surface area contributed by atoms with Crippen molar-refractivity contribution in [2.24, 2.45) is 5.41 Å². The molecular weight excluding hydrogens is 264 g/mol. The topological polar surface area (TPSA) is 52.6 Å². The van der Waals surface area contributed by atoms with Gasteiger partial charge in [-0.15, -0.1) is 0 Å². The van der Waals surface area contributed by atoms with Crippen molar-refractivity contribution in [3.05, 3.63) is 0 Å². The fourth-order valence-corrected chi connectivity index (χ4v) is 3.21. The molecule has 0 bridgehead atoms. The van der Waals surface area contributed by atoms with E-state index in [1.165, 1.54) is 12.8 Å². The first kappa shape index (κ1) is 18.4. The Balaban J connectivity index is 2.45. The molecule has 124 valence electrons. The van der Waals surface area contributed by atoms with Crippen LogP contribution in [0.3, 0.4) is 0 Å². The van der Waals surface area contributed by atoms with Crippen LogP contribution in [0.1, 0.15) is 66.7 Å². The number of aliphatic carboxylic acids is 1. The molecule has 4 heteroatoms. The van der Waals surface area contributed by atoms with Crippen LogP contribution in [0.25, 0.3) is 0 Å². The summed E-state index contributed by atoms with van der Waals surface area (Å²) >= 11 is 0. The Morgan fingerprint density at radius 1 is 1.33 bits per heavy atom. The summed E-state index contributed by atoms with van der Waals surface area (Å²) in [6.45, 7) is 14.0. The third-order valence-electron chi connectivity index (χ3n) is 4.87. The SMILES string of the molecule is CCC(CCCN1CCC(C)(C)CC1)(NC(C)C)C(=O)O. The number of rotatable bonds is 8. The maximum atomic E-state index is 11.7. The third kappa shape index (κ3) is 5.59. The number of carboxylic acids is 1. The lowest BCUT2D eigenvalue weighted by Crippen LogP contribution is -2.54. The molecule has 0 amide bonds. The molecule has 1 fully saturated rings. The predicted molar refractivity (Wildman–Crippen MR) is 87.6 cm³/mol. The third-order valence-corrected chi connectivity index (χ3v) is 4.87. The largest absolute Gasteiger partial charge is 0.480 e. The molecule has 0 spiro atoms. The summed E-state index contributed by atoms with van der Waals surface area (Å²) in [6.07, 6.45) is 4.77. The van der Waals surface area contributed by atoms with E-state index in [0.717, 1.165) is 26.1 Å². The standard InChI is InChI=1S/C17H34N2O2/c1-6-17(15(20)21,18-14(2)3)8-7-11-19-12-9-16(4,5)10-13-19/h14,18H,6-13H2,1-5H3,(H,20,21). The van der Waals surface area contributed by atoms with Gasteiger partial charge in [-0.25, -0.2) is 0 Å². The Morgan fingerprint density at radius 3 is 2.33 bits per heavy atom. The van der Waals surface area contributed by atoms with Crippen LogP contribution in [0.2, 0.25) is 0 Å². The van der Waals surface area contributed by atoms with Crippen molar-refractivity contribution >= 4 is 5.97 Å². The van der Waals surface area contributed by atoms with Gasteiger partial charge in [0.05, 0.1) is 0 Å². The van der Waals surface area contributed by atoms with Gasteiger partial charge < -0.3 is 10.0 Å². The van der Waals surface area contributed by atoms with Gasteiger partial charge in [0, 0.05) is 6.04 Å². The molecule has 1 unspecified atom stereocenters. The second-order valence-electron chi connectivity index (χ2n) is 7.65. The Morgan fingerprint density at radius 2 is 1.90 bits per heavy atom. The van der Waals surface area contributed by atoms with Crippen LogP contribution in [-0.2, 0) is 4.79 Å². The zero-order valence-corrected chi connectivity index (χ0v) is 14.5. The smallest absolute Gasteiger partial charge is 0.323 e. The number of carbonyl (C=O) groups is 1. The molecule has 0 saturated carbocycles. The van der Waals surface area contributed by atoms with Gasteiger partial charge in [0.2, 0.25) is 0 Å². The van der Waals surface area contributed by atoms with Crippen molar-refractivity contribution in [2.75, 3.05) is 19.6 Å².